The van der Waals surface area contributed by atoms with E-state index in [1.54, 1.807) is 0 Å². The van der Waals surface area contributed by atoms with Gasteiger partial charge in [0.25, 0.3) is 0 Å². The zero-order valence-corrected chi connectivity index (χ0v) is 10.5. The molecular formula is C12H22N2O2. The molecule has 1 N–H and O–H groups in total. The standard InChI is InChI=1S/C12H22N2O2/c1-12(2,3)16-11(15)14-7-5-9-8-13-6-4-10(9)14/h9-10,13H,4-8H2,1-3H3/t9-,10?/m1/s1. The summed E-state index contributed by atoms with van der Waals surface area (Å²) >= 11 is 0. The van der Waals surface area contributed by atoms with E-state index in [2.05, 4.69) is 5.32 Å². The summed E-state index contributed by atoms with van der Waals surface area (Å²) in [6, 6.07) is 0.399. The number of hydrogen-bond donors (Lipinski definition) is 1. The summed E-state index contributed by atoms with van der Waals surface area (Å²) < 4.78 is 5.44. The van der Waals surface area contributed by atoms with Gasteiger partial charge in [-0.3, -0.25) is 0 Å². The van der Waals surface area contributed by atoms with Gasteiger partial charge in [-0.1, -0.05) is 0 Å². The van der Waals surface area contributed by atoms with Gasteiger partial charge in [-0.2, -0.15) is 0 Å². The van der Waals surface area contributed by atoms with Gasteiger partial charge in [0.2, 0.25) is 0 Å². The summed E-state index contributed by atoms with van der Waals surface area (Å²) in [6.07, 6.45) is 2.03. The van der Waals surface area contributed by atoms with E-state index in [-0.39, 0.29) is 11.7 Å². The van der Waals surface area contributed by atoms with Crippen LogP contribution in [-0.4, -0.2) is 42.3 Å². The summed E-state index contributed by atoms with van der Waals surface area (Å²) in [5.41, 5.74) is -0.387. The van der Waals surface area contributed by atoms with Crippen LogP contribution in [0.4, 0.5) is 4.79 Å². The van der Waals surface area contributed by atoms with Crippen LogP contribution in [0.5, 0.6) is 0 Å². The maximum Gasteiger partial charge on any atom is 0.410 e. The van der Waals surface area contributed by atoms with Crippen molar-refractivity contribution in [1.82, 2.24) is 10.2 Å². The summed E-state index contributed by atoms with van der Waals surface area (Å²) in [6.45, 7) is 8.67. The Hall–Kier alpha value is -0.770. The van der Waals surface area contributed by atoms with Gasteiger partial charge in [0, 0.05) is 12.6 Å². The van der Waals surface area contributed by atoms with E-state index in [4.69, 9.17) is 4.74 Å². The fraction of sp³-hybridized carbons (Fsp3) is 0.917. The highest BCUT2D eigenvalue weighted by molar-refractivity contribution is 5.69. The van der Waals surface area contributed by atoms with Crippen molar-refractivity contribution in [2.75, 3.05) is 19.6 Å². The van der Waals surface area contributed by atoms with E-state index >= 15 is 0 Å². The van der Waals surface area contributed by atoms with Crippen molar-refractivity contribution < 1.29 is 9.53 Å². The van der Waals surface area contributed by atoms with Gasteiger partial charge < -0.3 is 15.0 Å². The Labute approximate surface area is 97.3 Å². The molecule has 2 fully saturated rings. The molecule has 1 unspecified atom stereocenters. The first-order valence-electron chi connectivity index (χ1n) is 6.18. The lowest BCUT2D eigenvalue weighted by Gasteiger charge is -2.33. The molecule has 2 rings (SSSR count). The molecule has 0 aromatic carbocycles. The van der Waals surface area contributed by atoms with Gasteiger partial charge in [0.15, 0.2) is 0 Å². The van der Waals surface area contributed by atoms with E-state index in [1.165, 1.54) is 0 Å². The van der Waals surface area contributed by atoms with Crippen LogP contribution in [0.3, 0.4) is 0 Å². The fourth-order valence-corrected chi connectivity index (χ4v) is 2.63. The van der Waals surface area contributed by atoms with Crippen molar-refractivity contribution in [2.45, 2.75) is 45.3 Å². The molecule has 4 nitrogen and oxygen atoms in total. The van der Waals surface area contributed by atoms with Crippen molar-refractivity contribution in [1.29, 1.82) is 0 Å². The van der Waals surface area contributed by atoms with E-state index in [0.717, 1.165) is 32.5 Å². The monoisotopic (exact) mass is 226 g/mol. The van der Waals surface area contributed by atoms with Gasteiger partial charge in [0.1, 0.15) is 5.60 Å². The second-order valence-corrected chi connectivity index (χ2v) is 5.78. The maximum absolute atomic E-state index is 12.0. The van der Waals surface area contributed by atoms with E-state index in [0.29, 0.717) is 12.0 Å². The number of nitrogens with zero attached hydrogens (tertiary/aromatic N) is 1. The first kappa shape index (κ1) is 11.7. The van der Waals surface area contributed by atoms with E-state index in [9.17, 15) is 4.79 Å². The Kier molecular flexibility index (Phi) is 3.10. The first-order chi connectivity index (χ1) is 7.47. The Balaban J connectivity index is 1.97. The first-order valence-corrected chi connectivity index (χ1v) is 6.18. The normalized spacial score (nSPS) is 30.1. The minimum Gasteiger partial charge on any atom is -0.444 e. The number of amides is 1. The molecular weight excluding hydrogens is 204 g/mol. The van der Waals surface area contributed by atoms with Gasteiger partial charge >= 0.3 is 6.09 Å². The molecule has 0 aliphatic carbocycles. The van der Waals surface area contributed by atoms with Crippen molar-refractivity contribution in [3.05, 3.63) is 0 Å². The number of carbonyl (C=O) groups excluding carboxylic acids is 1. The quantitative estimate of drug-likeness (QED) is 0.682. The Morgan fingerprint density at radius 1 is 1.38 bits per heavy atom. The molecule has 2 saturated heterocycles. The average Bonchev–Trinajstić information content (AvgIpc) is 2.58. The highest BCUT2D eigenvalue weighted by Crippen LogP contribution is 2.29. The molecule has 2 aliphatic heterocycles. The van der Waals surface area contributed by atoms with E-state index < -0.39 is 0 Å². The summed E-state index contributed by atoms with van der Waals surface area (Å²) in [7, 11) is 0. The predicted octanol–water partition coefficient (Wildman–Crippen LogP) is 1.61. The number of likely N-dealkylation sites (tertiary alicyclic amines) is 1. The third-order valence-electron chi connectivity index (χ3n) is 3.34. The lowest BCUT2D eigenvalue weighted by Crippen LogP contribution is -2.47. The predicted molar refractivity (Wildman–Crippen MR) is 62.3 cm³/mol. The Bertz CT molecular complexity index is 273. The third-order valence-corrected chi connectivity index (χ3v) is 3.34. The zero-order chi connectivity index (χ0) is 11.8. The summed E-state index contributed by atoms with van der Waals surface area (Å²) in [4.78, 5) is 13.9. The van der Waals surface area contributed by atoms with Crippen molar-refractivity contribution in [2.24, 2.45) is 5.92 Å². The summed E-state index contributed by atoms with van der Waals surface area (Å²) in [5.74, 6) is 0.626. The van der Waals surface area contributed by atoms with Crippen LogP contribution >= 0.6 is 0 Å². The summed E-state index contributed by atoms with van der Waals surface area (Å²) in [5, 5.41) is 3.39. The van der Waals surface area contributed by atoms with Crippen molar-refractivity contribution in [3.63, 3.8) is 0 Å². The molecule has 0 radical (unpaired) electrons. The SMILES string of the molecule is CC(C)(C)OC(=O)N1CC[C@@H]2CNCCC21. The van der Waals surface area contributed by atoms with Crippen LogP contribution < -0.4 is 5.32 Å². The third kappa shape index (κ3) is 2.48. The Morgan fingerprint density at radius 2 is 2.12 bits per heavy atom. The highest BCUT2D eigenvalue weighted by atomic mass is 16.6. The highest BCUT2D eigenvalue weighted by Gasteiger charge is 2.39. The number of fused-ring (bicyclic) bond motifs is 1. The number of piperidine rings is 1. The number of carbonyl (C=O) groups is 1. The van der Waals surface area contributed by atoms with Gasteiger partial charge in [0.05, 0.1) is 0 Å². The molecule has 0 spiro atoms. The largest absolute Gasteiger partial charge is 0.444 e. The number of rotatable bonds is 0. The molecule has 2 heterocycles. The molecule has 1 amide bonds. The number of nitrogens with one attached hydrogen (secondary N) is 1. The smallest absolute Gasteiger partial charge is 0.410 e. The van der Waals surface area contributed by atoms with E-state index in [1.807, 2.05) is 25.7 Å². The lowest BCUT2D eigenvalue weighted by molar-refractivity contribution is 0.0189. The Morgan fingerprint density at radius 3 is 2.81 bits per heavy atom. The second-order valence-electron chi connectivity index (χ2n) is 5.78. The molecule has 0 aromatic heterocycles. The molecule has 4 heteroatoms. The number of ether oxygens (including phenoxy) is 1. The van der Waals surface area contributed by atoms with Crippen LogP contribution in [-0.2, 0) is 4.74 Å². The van der Waals surface area contributed by atoms with Gasteiger partial charge in [-0.25, -0.2) is 4.79 Å². The molecule has 0 saturated carbocycles. The van der Waals surface area contributed by atoms with Crippen LogP contribution in [0.2, 0.25) is 0 Å². The lowest BCUT2D eigenvalue weighted by atomic mass is 9.94. The van der Waals surface area contributed by atoms with Gasteiger partial charge in [-0.15, -0.1) is 0 Å². The van der Waals surface area contributed by atoms with Crippen LogP contribution in [0.15, 0.2) is 0 Å². The zero-order valence-electron chi connectivity index (χ0n) is 10.5. The van der Waals surface area contributed by atoms with Gasteiger partial charge in [-0.05, 0) is 52.6 Å². The minimum absolute atomic E-state index is 0.137. The fourth-order valence-electron chi connectivity index (χ4n) is 2.63. The van der Waals surface area contributed by atoms with Crippen molar-refractivity contribution in [3.8, 4) is 0 Å². The van der Waals surface area contributed by atoms with Crippen LogP contribution in [0, 0.1) is 5.92 Å². The number of hydrogen-bond acceptors (Lipinski definition) is 3. The molecule has 2 aliphatic rings. The molecule has 16 heavy (non-hydrogen) atoms. The minimum atomic E-state index is -0.387. The van der Waals surface area contributed by atoms with Crippen LogP contribution in [0.25, 0.3) is 0 Å². The molecule has 0 aromatic rings. The molecule has 92 valence electrons. The maximum atomic E-state index is 12.0. The second kappa shape index (κ2) is 4.24. The van der Waals surface area contributed by atoms with Crippen LogP contribution in [0.1, 0.15) is 33.6 Å². The molecule has 2 atom stereocenters. The average molecular weight is 226 g/mol. The molecule has 0 bridgehead atoms. The van der Waals surface area contributed by atoms with Crippen molar-refractivity contribution >= 4 is 6.09 Å². The topological polar surface area (TPSA) is 41.6 Å².